The topological polar surface area (TPSA) is 18.5 Å². The van der Waals surface area contributed by atoms with Crippen LogP contribution in [0.3, 0.4) is 0 Å². The van der Waals surface area contributed by atoms with E-state index in [0.717, 1.165) is 19.3 Å². The monoisotopic (exact) mass is 142 g/mol. The molecule has 0 atom stereocenters. The predicted octanol–water partition coefficient (Wildman–Crippen LogP) is 1.72. The Morgan fingerprint density at radius 3 is 2.20 bits per heavy atom. The van der Waals surface area contributed by atoms with Crippen molar-refractivity contribution >= 4 is 0 Å². The maximum absolute atomic E-state index is 5.25. The molecule has 2 nitrogen and oxygen atoms in total. The van der Waals surface area contributed by atoms with Gasteiger partial charge in [-0.25, -0.2) is 0 Å². The van der Waals surface area contributed by atoms with E-state index < -0.39 is 0 Å². The molecule has 1 aliphatic carbocycles. The molecule has 0 saturated heterocycles. The Labute approximate surface area is 61.8 Å². The lowest BCUT2D eigenvalue weighted by molar-refractivity contribution is -0.209. The summed E-state index contributed by atoms with van der Waals surface area (Å²) >= 11 is 0. The summed E-state index contributed by atoms with van der Waals surface area (Å²) in [5.74, 6) is -0.325. The number of allylic oxidation sites excluding steroid dienone is 1. The maximum atomic E-state index is 5.25. The number of ether oxygens (including phenoxy) is 2. The van der Waals surface area contributed by atoms with Gasteiger partial charge in [-0.05, 0) is 6.42 Å². The Bertz CT molecular complexity index is 125. The van der Waals surface area contributed by atoms with Crippen LogP contribution in [0.25, 0.3) is 0 Å². The molecule has 1 aliphatic rings. The summed E-state index contributed by atoms with van der Waals surface area (Å²) in [6.07, 6.45) is 7.17. The van der Waals surface area contributed by atoms with Gasteiger partial charge in [0, 0.05) is 27.1 Å². The van der Waals surface area contributed by atoms with Crippen LogP contribution in [0.5, 0.6) is 0 Å². The standard InChI is InChI=1S/C8H14O2/c1-9-8(10-2)6-4-3-5-7-8/h3-4H,5-7H2,1-2H3. The van der Waals surface area contributed by atoms with Gasteiger partial charge >= 0.3 is 0 Å². The first-order valence-electron chi connectivity index (χ1n) is 3.58. The average molecular weight is 142 g/mol. The predicted molar refractivity (Wildman–Crippen MR) is 39.7 cm³/mol. The maximum Gasteiger partial charge on any atom is 0.171 e. The summed E-state index contributed by atoms with van der Waals surface area (Å²) in [7, 11) is 3.39. The number of rotatable bonds is 2. The van der Waals surface area contributed by atoms with Crippen molar-refractivity contribution in [1.82, 2.24) is 0 Å². The molecule has 0 aromatic rings. The van der Waals surface area contributed by atoms with Gasteiger partial charge < -0.3 is 9.47 Å². The van der Waals surface area contributed by atoms with Crippen LogP contribution in [0.2, 0.25) is 0 Å². The largest absolute Gasteiger partial charge is 0.353 e. The summed E-state index contributed by atoms with van der Waals surface area (Å²) in [6.45, 7) is 0. The van der Waals surface area contributed by atoms with Gasteiger partial charge in [0.1, 0.15) is 0 Å². The molecule has 2 heteroatoms. The fourth-order valence-electron chi connectivity index (χ4n) is 1.24. The van der Waals surface area contributed by atoms with E-state index in [9.17, 15) is 0 Å². The van der Waals surface area contributed by atoms with Crippen LogP contribution >= 0.6 is 0 Å². The third kappa shape index (κ3) is 1.39. The summed E-state index contributed by atoms with van der Waals surface area (Å²) < 4.78 is 10.5. The molecule has 0 fully saturated rings. The van der Waals surface area contributed by atoms with Crippen molar-refractivity contribution in [2.45, 2.75) is 25.0 Å². The van der Waals surface area contributed by atoms with Gasteiger partial charge in [0.05, 0.1) is 0 Å². The summed E-state index contributed by atoms with van der Waals surface area (Å²) in [4.78, 5) is 0. The quantitative estimate of drug-likeness (QED) is 0.431. The molecule has 0 radical (unpaired) electrons. The lowest BCUT2D eigenvalue weighted by Crippen LogP contribution is -2.34. The van der Waals surface area contributed by atoms with Crippen molar-refractivity contribution in [1.29, 1.82) is 0 Å². The molecule has 0 unspecified atom stereocenters. The molecule has 0 aromatic carbocycles. The van der Waals surface area contributed by atoms with E-state index in [1.54, 1.807) is 14.2 Å². The number of hydrogen-bond acceptors (Lipinski definition) is 2. The van der Waals surface area contributed by atoms with Crippen LogP contribution in [-0.4, -0.2) is 20.0 Å². The second kappa shape index (κ2) is 3.17. The molecular weight excluding hydrogens is 128 g/mol. The Hall–Kier alpha value is -0.340. The Morgan fingerprint density at radius 2 is 1.90 bits per heavy atom. The van der Waals surface area contributed by atoms with E-state index in [-0.39, 0.29) is 5.79 Å². The van der Waals surface area contributed by atoms with E-state index in [1.807, 2.05) is 0 Å². The van der Waals surface area contributed by atoms with Gasteiger partial charge in [0.15, 0.2) is 5.79 Å². The molecule has 0 N–H and O–H groups in total. The number of hydrogen-bond donors (Lipinski definition) is 0. The SMILES string of the molecule is COC1(OC)CC=CCC1. The molecule has 0 aliphatic heterocycles. The van der Waals surface area contributed by atoms with Crippen molar-refractivity contribution < 1.29 is 9.47 Å². The van der Waals surface area contributed by atoms with E-state index in [4.69, 9.17) is 9.47 Å². The molecule has 10 heavy (non-hydrogen) atoms. The van der Waals surface area contributed by atoms with Crippen LogP contribution in [0.15, 0.2) is 12.2 Å². The minimum Gasteiger partial charge on any atom is -0.353 e. The Kier molecular flexibility index (Phi) is 2.46. The lowest BCUT2D eigenvalue weighted by Gasteiger charge is -2.31. The van der Waals surface area contributed by atoms with Gasteiger partial charge in [-0.1, -0.05) is 12.2 Å². The molecule has 0 heterocycles. The van der Waals surface area contributed by atoms with E-state index in [1.165, 1.54) is 0 Å². The molecule has 0 aromatic heterocycles. The van der Waals surface area contributed by atoms with Gasteiger partial charge in [-0.2, -0.15) is 0 Å². The zero-order chi connectivity index (χ0) is 7.45. The van der Waals surface area contributed by atoms with Gasteiger partial charge in [0.25, 0.3) is 0 Å². The van der Waals surface area contributed by atoms with E-state index in [0.29, 0.717) is 0 Å². The first-order valence-corrected chi connectivity index (χ1v) is 3.58. The zero-order valence-electron chi connectivity index (χ0n) is 6.59. The summed E-state index contributed by atoms with van der Waals surface area (Å²) in [5, 5.41) is 0. The van der Waals surface area contributed by atoms with Gasteiger partial charge in [-0.15, -0.1) is 0 Å². The molecule has 58 valence electrons. The van der Waals surface area contributed by atoms with Crippen molar-refractivity contribution in [2.24, 2.45) is 0 Å². The summed E-state index contributed by atoms with van der Waals surface area (Å²) in [5.41, 5.74) is 0. The first-order chi connectivity index (χ1) is 4.83. The minimum atomic E-state index is -0.325. The molecule has 0 amide bonds. The fraction of sp³-hybridized carbons (Fsp3) is 0.750. The van der Waals surface area contributed by atoms with Crippen molar-refractivity contribution in [2.75, 3.05) is 14.2 Å². The summed E-state index contributed by atoms with van der Waals surface area (Å²) in [6, 6.07) is 0. The van der Waals surface area contributed by atoms with E-state index in [2.05, 4.69) is 12.2 Å². The lowest BCUT2D eigenvalue weighted by atomic mass is 10.0. The minimum absolute atomic E-state index is 0.325. The first kappa shape index (κ1) is 7.76. The molecule has 0 bridgehead atoms. The second-order valence-corrected chi connectivity index (χ2v) is 2.53. The fourth-order valence-corrected chi connectivity index (χ4v) is 1.24. The highest BCUT2D eigenvalue weighted by atomic mass is 16.7. The van der Waals surface area contributed by atoms with Gasteiger partial charge in [-0.3, -0.25) is 0 Å². The highest BCUT2D eigenvalue weighted by Crippen LogP contribution is 2.26. The van der Waals surface area contributed by atoms with Crippen molar-refractivity contribution in [3.05, 3.63) is 12.2 Å². The molecule has 0 saturated carbocycles. The zero-order valence-corrected chi connectivity index (χ0v) is 6.59. The molecule has 0 spiro atoms. The number of methoxy groups -OCH3 is 2. The van der Waals surface area contributed by atoms with Crippen molar-refractivity contribution in [3.63, 3.8) is 0 Å². The highest BCUT2D eigenvalue weighted by molar-refractivity contribution is 4.94. The average Bonchev–Trinajstić information content (AvgIpc) is 2.06. The van der Waals surface area contributed by atoms with E-state index >= 15 is 0 Å². The van der Waals surface area contributed by atoms with Crippen molar-refractivity contribution in [3.8, 4) is 0 Å². The highest BCUT2D eigenvalue weighted by Gasteiger charge is 2.28. The van der Waals surface area contributed by atoms with Crippen LogP contribution in [-0.2, 0) is 9.47 Å². The van der Waals surface area contributed by atoms with Crippen LogP contribution in [0, 0.1) is 0 Å². The molecule has 1 rings (SSSR count). The second-order valence-electron chi connectivity index (χ2n) is 2.53. The third-order valence-corrected chi connectivity index (χ3v) is 2.03. The third-order valence-electron chi connectivity index (χ3n) is 2.03. The van der Waals surface area contributed by atoms with Crippen LogP contribution in [0.1, 0.15) is 19.3 Å². The molecular formula is C8H14O2. The smallest absolute Gasteiger partial charge is 0.171 e. The van der Waals surface area contributed by atoms with Crippen LogP contribution < -0.4 is 0 Å². The Balaban J connectivity index is 2.55. The van der Waals surface area contributed by atoms with Gasteiger partial charge in [0.2, 0.25) is 0 Å². The normalized spacial score (nSPS) is 23.0. The van der Waals surface area contributed by atoms with Crippen LogP contribution in [0.4, 0.5) is 0 Å². The Morgan fingerprint density at radius 1 is 1.20 bits per heavy atom.